The molecule has 0 aliphatic rings. The summed E-state index contributed by atoms with van der Waals surface area (Å²) in [7, 11) is 0. The zero-order chi connectivity index (χ0) is 13.1. The second-order valence-electron chi connectivity index (χ2n) is 3.92. The first-order chi connectivity index (χ1) is 8.86. The molecule has 1 rings (SSSR count). The van der Waals surface area contributed by atoms with Gasteiger partial charge >= 0.3 is 0 Å². The highest BCUT2D eigenvalue weighted by Crippen LogP contribution is 1.94. The van der Waals surface area contributed by atoms with Gasteiger partial charge in [-0.2, -0.15) is 0 Å². The van der Waals surface area contributed by atoms with Crippen molar-refractivity contribution in [3.8, 4) is 0 Å². The lowest BCUT2D eigenvalue weighted by Gasteiger charge is -2.03. The van der Waals surface area contributed by atoms with E-state index >= 15 is 0 Å². The van der Waals surface area contributed by atoms with Crippen molar-refractivity contribution in [1.29, 1.82) is 0 Å². The van der Waals surface area contributed by atoms with Crippen LogP contribution in [0.25, 0.3) is 0 Å². The number of nitrogens with one attached hydrogen (secondary N) is 1. The lowest BCUT2D eigenvalue weighted by molar-refractivity contribution is 0.140. The van der Waals surface area contributed by atoms with Gasteiger partial charge in [-0.3, -0.25) is 4.68 Å². The zero-order valence-electron chi connectivity index (χ0n) is 10.7. The molecule has 1 aromatic heterocycles. The van der Waals surface area contributed by atoms with E-state index in [-0.39, 0.29) is 6.61 Å². The van der Waals surface area contributed by atoms with Crippen LogP contribution in [0, 0.1) is 0 Å². The third kappa shape index (κ3) is 6.48. The summed E-state index contributed by atoms with van der Waals surface area (Å²) in [5, 5.41) is 19.9. The van der Waals surface area contributed by atoms with Crippen molar-refractivity contribution < 1.29 is 9.84 Å². The first-order valence-corrected chi connectivity index (χ1v) is 6.26. The van der Waals surface area contributed by atoms with E-state index in [1.807, 2.05) is 12.3 Å². The number of nitrogens with zero attached hydrogens (tertiary/aromatic N) is 3. The van der Waals surface area contributed by atoms with Crippen molar-refractivity contribution in [2.75, 3.05) is 26.4 Å². The van der Waals surface area contributed by atoms with E-state index in [9.17, 15) is 0 Å². The number of hydrogen-bond donors (Lipinski definition) is 2. The molecule has 6 nitrogen and oxygen atoms in total. The monoisotopic (exact) mass is 254 g/mol. The van der Waals surface area contributed by atoms with Gasteiger partial charge in [-0.1, -0.05) is 11.3 Å². The standard InChI is InChI=1S/C12H22N4O2/c1-2-3-8-18-9-5-13-10-12-11-16(15-14-12)6-4-7-17/h2,11,13,17H,1,3-10H2. The molecule has 0 saturated carbocycles. The van der Waals surface area contributed by atoms with Crippen LogP contribution in [-0.2, 0) is 17.8 Å². The molecule has 6 heteroatoms. The highest BCUT2D eigenvalue weighted by molar-refractivity contribution is 4.91. The number of hydrogen-bond acceptors (Lipinski definition) is 5. The third-order valence-electron chi connectivity index (χ3n) is 2.33. The Hall–Kier alpha value is -1.24. The minimum atomic E-state index is 0.176. The Morgan fingerprint density at radius 2 is 2.39 bits per heavy atom. The molecule has 18 heavy (non-hydrogen) atoms. The maximum atomic E-state index is 8.70. The van der Waals surface area contributed by atoms with Gasteiger partial charge in [-0.05, 0) is 12.8 Å². The minimum absolute atomic E-state index is 0.176. The summed E-state index contributed by atoms with van der Waals surface area (Å²) < 4.78 is 7.11. The molecule has 1 heterocycles. The molecule has 0 radical (unpaired) electrons. The van der Waals surface area contributed by atoms with Gasteiger partial charge in [0.25, 0.3) is 0 Å². The van der Waals surface area contributed by atoms with Gasteiger partial charge in [0.15, 0.2) is 0 Å². The first-order valence-electron chi connectivity index (χ1n) is 6.26. The quantitative estimate of drug-likeness (QED) is 0.440. The largest absolute Gasteiger partial charge is 0.396 e. The predicted molar refractivity (Wildman–Crippen MR) is 69.1 cm³/mol. The molecule has 0 amide bonds. The first kappa shape index (κ1) is 14.8. The molecule has 0 aliphatic carbocycles. The van der Waals surface area contributed by atoms with Gasteiger partial charge in [-0.25, -0.2) is 0 Å². The lowest BCUT2D eigenvalue weighted by atomic mass is 10.4. The third-order valence-corrected chi connectivity index (χ3v) is 2.33. The van der Waals surface area contributed by atoms with E-state index in [2.05, 4.69) is 22.2 Å². The Balaban J connectivity index is 2.04. The molecule has 1 aromatic rings. The van der Waals surface area contributed by atoms with E-state index < -0.39 is 0 Å². The Morgan fingerprint density at radius 1 is 1.50 bits per heavy atom. The van der Waals surface area contributed by atoms with Crippen LogP contribution in [-0.4, -0.2) is 46.5 Å². The van der Waals surface area contributed by atoms with Crippen molar-refractivity contribution in [1.82, 2.24) is 20.3 Å². The SMILES string of the molecule is C=CCCOCCNCc1cn(CCCO)nn1. The van der Waals surface area contributed by atoms with Crippen molar-refractivity contribution in [2.24, 2.45) is 0 Å². The van der Waals surface area contributed by atoms with E-state index in [0.717, 1.165) is 25.3 Å². The van der Waals surface area contributed by atoms with E-state index in [1.54, 1.807) is 4.68 Å². The fourth-order valence-corrected chi connectivity index (χ4v) is 1.39. The summed E-state index contributed by atoms with van der Waals surface area (Å²) in [6.45, 7) is 7.40. The van der Waals surface area contributed by atoms with Gasteiger partial charge in [0.05, 0.1) is 18.9 Å². The maximum absolute atomic E-state index is 8.70. The zero-order valence-corrected chi connectivity index (χ0v) is 10.7. The van der Waals surface area contributed by atoms with Crippen molar-refractivity contribution in [2.45, 2.75) is 25.9 Å². The normalized spacial score (nSPS) is 10.7. The van der Waals surface area contributed by atoms with Crippen molar-refractivity contribution in [3.63, 3.8) is 0 Å². The molecule has 102 valence electrons. The Labute approximate surface area is 108 Å². The molecule has 0 spiro atoms. The van der Waals surface area contributed by atoms with E-state index in [1.165, 1.54) is 0 Å². The van der Waals surface area contributed by atoms with Gasteiger partial charge in [0.2, 0.25) is 0 Å². The molecule has 0 atom stereocenters. The fourth-order valence-electron chi connectivity index (χ4n) is 1.39. The highest BCUT2D eigenvalue weighted by Gasteiger charge is 1.99. The van der Waals surface area contributed by atoms with Gasteiger partial charge in [0, 0.05) is 32.4 Å². The Bertz CT molecular complexity index is 328. The lowest BCUT2D eigenvalue weighted by Crippen LogP contribution is -2.19. The van der Waals surface area contributed by atoms with Crippen LogP contribution in [0.4, 0.5) is 0 Å². The average molecular weight is 254 g/mol. The Kier molecular flexibility index (Phi) is 8.03. The van der Waals surface area contributed by atoms with Gasteiger partial charge < -0.3 is 15.2 Å². The number of aromatic nitrogens is 3. The molecule has 2 N–H and O–H groups in total. The molecule has 0 aromatic carbocycles. The minimum Gasteiger partial charge on any atom is -0.396 e. The fraction of sp³-hybridized carbons (Fsp3) is 0.667. The average Bonchev–Trinajstić information content (AvgIpc) is 2.83. The van der Waals surface area contributed by atoms with Crippen LogP contribution < -0.4 is 5.32 Å². The molecule has 0 aliphatic heterocycles. The second kappa shape index (κ2) is 9.76. The number of aliphatic hydroxyl groups excluding tert-OH is 1. The molecule has 0 unspecified atom stereocenters. The van der Waals surface area contributed by atoms with Crippen LogP contribution in [0.2, 0.25) is 0 Å². The smallest absolute Gasteiger partial charge is 0.0964 e. The molecule has 0 fully saturated rings. The van der Waals surface area contributed by atoms with E-state index in [4.69, 9.17) is 9.84 Å². The molecular weight excluding hydrogens is 232 g/mol. The second-order valence-corrected chi connectivity index (χ2v) is 3.92. The van der Waals surface area contributed by atoms with Crippen LogP contribution >= 0.6 is 0 Å². The number of rotatable bonds is 11. The molecule has 0 bridgehead atoms. The highest BCUT2D eigenvalue weighted by atomic mass is 16.5. The van der Waals surface area contributed by atoms with Gasteiger partial charge in [-0.15, -0.1) is 11.7 Å². The van der Waals surface area contributed by atoms with Crippen LogP contribution in [0.15, 0.2) is 18.9 Å². The van der Waals surface area contributed by atoms with E-state index in [0.29, 0.717) is 26.1 Å². The molecule has 0 saturated heterocycles. The number of ether oxygens (including phenoxy) is 1. The van der Waals surface area contributed by atoms with Crippen LogP contribution in [0.1, 0.15) is 18.5 Å². The molecular formula is C12H22N4O2. The Morgan fingerprint density at radius 3 is 3.17 bits per heavy atom. The topological polar surface area (TPSA) is 72.2 Å². The van der Waals surface area contributed by atoms with Crippen LogP contribution in [0.5, 0.6) is 0 Å². The summed E-state index contributed by atoms with van der Waals surface area (Å²) in [5.41, 5.74) is 0.902. The predicted octanol–water partition coefficient (Wildman–Crippen LogP) is 0.343. The number of aryl methyl sites for hydroxylation is 1. The summed E-state index contributed by atoms with van der Waals surface area (Å²) in [6, 6.07) is 0. The van der Waals surface area contributed by atoms with Crippen LogP contribution in [0.3, 0.4) is 0 Å². The van der Waals surface area contributed by atoms with Gasteiger partial charge in [0.1, 0.15) is 0 Å². The van der Waals surface area contributed by atoms with Crippen molar-refractivity contribution >= 4 is 0 Å². The summed E-state index contributed by atoms with van der Waals surface area (Å²) in [6.07, 6.45) is 5.33. The van der Waals surface area contributed by atoms with Crippen molar-refractivity contribution in [3.05, 3.63) is 24.5 Å². The maximum Gasteiger partial charge on any atom is 0.0964 e. The number of aliphatic hydroxyl groups is 1. The summed E-state index contributed by atoms with van der Waals surface area (Å²) in [4.78, 5) is 0. The summed E-state index contributed by atoms with van der Waals surface area (Å²) >= 11 is 0. The summed E-state index contributed by atoms with van der Waals surface area (Å²) in [5.74, 6) is 0.